The van der Waals surface area contributed by atoms with E-state index >= 15 is 0 Å². The van der Waals surface area contributed by atoms with Gasteiger partial charge >= 0.3 is 0 Å². The molecule has 0 fully saturated rings. The maximum Gasteiger partial charge on any atom is 0.181 e. The number of aromatic nitrogens is 1. The molecule has 3 rings (SSSR count). The van der Waals surface area contributed by atoms with Crippen LogP contribution < -0.4 is 5.73 Å². The van der Waals surface area contributed by atoms with Crippen LogP contribution in [-0.4, -0.2) is 10.1 Å². The van der Waals surface area contributed by atoms with Crippen molar-refractivity contribution >= 4 is 26.7 Å². The summed E-state index contributed by atoms with van der Waals surface area (Å²) in [4.78, 5) is 4.18. The van der Waals surface area contributed by atoms with Gasteiger partial charge in [0, 0.05) is 0 Å². The van der Waals surface area contributed by atoms with E-state index in [2.05, 4.69) is 24.9 Å². The van der Waals surface area contributed by atoms with E-state index in [1.165, 1.54) is 16.9 Å². The fourth-order valence-corrected chi connectivity index (χ4v) is 3.37. The lowest BCUT2D eigenvalue weighted by atomic mass is 9.90. The highest BCUT2D eigenvalue weighted by atomic mass is 32.1. The normalized spacial score (nSPS) is 17.9. The highest BCUT2D eigenvalue weighted by Crippen LogP contribution is 2.44. The van der Waals surface area contributed by atoms with Gasteiger partial charge in [-0.05, 0) is 35.4 Å². The summed E-state index contributed by atoms with van der Waals surface area (Å²) in [5, 5.41) is 10.7. The third-order valence-electron chi connectivity index (χ3n) is 3.20. The number of nitrogen functional groups attached to an aromatic ring is 1. The van der Waals surface area contributed by atoms with E-state index in [1.54, 1.807) is 0 Å². The van der Waals surface area contributed by atoms with Crippen molar-refractivity contribution in [1.29, 1.82) is 0 Å². The highest BCUT2D eigenvalue weighted by molar-refractivity contribution is 7.22. The van der Waals surface area contributed by atoms with Gasteiger partial charge in [0.05, 0.1) is 4.70 Å². The Morgan fingerprint density at radius 3 is 2.94 bits per heavy atom. The lowest BCUT2D eigenvalue weighted by molar-refractivity contribution is 0.387. The van der Waals surface area contributed by atoms with Crippen molar-refractivity contribution in [2.75, 3.05) is 5.73 Å². The van der Waals surface area contributed by atoms with Gasteiger partial charge in [0.1, 0.15) is 11.3 Å². The van der Waals surface area contributed by atoms with Crippen molar-refractivity contribution in [3.63, 3.8) is 0 Å². The fraction of sp³-hybridized carbons (Fsp3) is 0.417. The van der Waals surface area contributed by atoms with Crippen molar-refractivity contribution in [3.8, 4) is 5.75 Å². The zero-order valence-electron chi connectivity index (χ0n) is 9.37. The van der Waals surface area contributed by atoms with E-state index in [-0.39, 0.29) is 5.41 Å². The zero-order valence-corrected chi connectivity index (χ0v) is 10.2. The number of phenols is 1. The van der Waals surface area contributed by atoms with Crippen molar-refractivity contribution in [2.24, 2.45) is 5.41 Å². The molecule has 3 N–H and O–H groups in total. The van der Waals surface area contributed by atoms with Crippen molar-refractivity contribution < 1.29 is 5.11 Å². The molecule has 4 heteroatoms. The van der Waals surface area contributed by atoms with Gasteiger partial charge in [-0.3, -0.25) is 0 Å². The molecule has 84 valence electrons. The molecule has 0 spiro atoms. The molecular weight excluding hydrogens is 220 g/mol. The number of fused-ring (bicyclic) bond motifs is 2. The second kappa shape index (κ2) is 2.88. The summed E-state index contributed by atoms with van der Waals surface area (Å²) in [5.74, 6) is 0.339. The van der Waals surface area contributed by atoms with Crippen LogP contribution in [0.1, 0.15) is 25.0 Å². The summed E-state index contributed by atoms with van der Waals surface area (Å²) < 4.78 is 0.992. The first-order valence-corrected chi connectivity index (χ1v) is 6.18. The average molecular weight is 234 g/mol. The molecule has 0 unspecified atom stereocenters. The second-order valence-electron chi connectivity index (χ2n) is 5.28. The number of nitrogens with zero attached hydrogens (tertiary/aromatic N) is 1. The Kier molecular flexibility index (Phi) is 1.79. The van der Waals surface area contributed by atoms with Crippen molar-refractivity contribution in [2.45, 2.75) is 26.7 Å². The van der Waals surface area contributed by atoms with Crippen LogP contribution in [0.15, 0.2) is 6.07 Å². The second-order valence-corrected chi connectivity index (χ2v) is 6.34. The number of phenolic OH excluding ortho intramolecular Hbond substituents is 1. The SMILES string of the molecule is CC1(C)Cc2cc3sc(N)nc3c(O)c2C1. The van der Waals surface area contributed by atoms with Crippen LogP contribution in [-0.2, 0) is 12.8 Å². The summed E-state index contributed by atoms with van der Waals surface area (Å²) >= 11 is 1.44. The molecule has 0 saturated carbocycles. The molecule has 2 aromatic rings. The van der Waals surface area contributed by atoms with Crippen LogP contribution in [0.25, 0.3) is 10.2 Å². The van der Waals surface area contributed by atoms with Gasteiger partial charge in [0.25, 0.3) is 0 Å². The van der Waals surface area contributed by atoms with E-state index in [1.807, 2.05) is 0 Å². The number of nitrogens with two attached hydrogens (primary N) is 1. The number of rotatable bonds is 0. The molecule has 1 heterocycles. The van der Waals surface area contributed by atoms with Gasteiger partial charge in [-0.15, -0.1) is 0 Å². The number of hydrogen-bond donors (Lipinski definition) is 2. The maximum atomic E-state index is 10.2. The maximum absolute atomic E-state index is 10.2. The summed E-state index contributed by atoms with van der Waals surface area (Å²) in [5.41, 5.74) is 8.89. The van der Waals surface area contributed by atoms with E-state index in [9.17, 15) is 5.11 Å². The molecule has 0 atom stereocenters. The third-order valence-corrected chi connectivity index (χ3v) is 4.03. The number of hydrogen-bond acceptors (Lipinski definition) is 4. The Morgan fingerprint density at radius 1 is 1.44 bits per heavy atom. The molecule has 16 heavy (non-hydrogen) atoms. The molecular formula is C12H14N2OS. The summed E-state index contributed by atoms with van der Waals surface area (Å²) in [6, 6.07) is 2.13. The van der Waals surface area contributed by atoms with E-state index in [0.29, 0.717) is 16.4 Å². The Balaban J connectivity index is 2.30. The van der Waals surface area contributed by atoms with Crippen LogP contribution in [0.2, 0.25) is 0 Å². The third kappa shape index (κ3) is 1.29. The molecule has 3 nitrogen and oxygen atoms in total. The highest BCUT2D eigenvalue weighted by Gasteiger charge is 2.31. The Labute approximate surface area is 97.9 Å². The van der Waals surface area contributed by atoms with Crippen LogP contribution >= 0.6 is 11.3 Å². The Hall–Kier alpha value is -1.29. The van der Waals surface area contributed by atoms with Crippen molar-refractivity contribution in [1.82, 2.24) is 4.98 Å². The topological polar surface area (TPSA) is 59.1 Å². The molecule has 1 aliphatic rings. The van der Waals surface area contributed by atoms with E-state index < -0.39 is 0 Å². The van der Waals surface area contributed by atoms with Gasteiger partial charge in [-0.1, -0.05) is 25.2 Å². The van der Waals surface area contributed by atoms with Crippen LogP contribution in [0.5, 0.6) is 5.75 Å². The fourth-order valence-electron chi connectivity index (χ4n) is 2.57. The standard InChI is InChI=1S/C12H14N2OS/c1-12(2)4-6-3-8-9(14-11(13)16-8)10(15)7(6)5-12/h3,15H,4-5H2,1-2H3,(H2,13,14). The number of thiazole rings is 1. The molecule has 0 bridgehead atoms. The average Bonchev–Trinajstić information content (AvgIpc) is 2.65. The number of benzene rings is 1. The van der Waals surface area contributed by atoms with Gasteiger partial charge in [0.2, 0.25) is 0 Å². The van der Waals surface area contributed by atoms with Crippen molar-refractivity contribution in [3.05, 3.63) is 17.2 Å². The minimum Gasteiger partial charge on any atom is -0.505 e. The van der Waals surface area contributed by atoms with E-state index in [4.69, 9.17) is 5.73 Å². The predicted molar refractivity (Wildman–Crippen MR) is 66.9 cm³/mol. The first-order chi connectivity index (χ1) is 7.46. The number of aromatic hydroxyl groups is 1. The Bertz CT molecular complexity index is 586. The minimum atomic E-state index is 0.245. The van der Waals surface area contributed by atoms with Crippen LogP contribution in [0.3, 0.4) is 0 Å². The monoisotopic (exact) mass is 234 g/mol. The molecule has 0 aliphatic heterocycles. The number of anilines is 1. The van der Waals surface area contributed by atoms with Gasteiger partial charge in [-0.2, -0.15) is 0 Å². The quantitative estimate of drug-likeness (QED) is 0.736. The molecule has 1 aromatic carbocycles. The first kappa shape index (κ1) is 9.90. The molecule has 1 aliphatic carbocycles. The Morgan fingerprint density at radius 2 is 2.19 bits per heavy atom. The van der Waals surface area contributed by atoms with Crippen LogP contribution in [0, 0.1) is 5.41 Å². The smallest absolute Gasteiger partial charge is 0.181 e. The summed E-state index contributed by atoms with van der Waals surface area (Å²) in [6.45, 7) is 4.45. The lowest BCUT2D eigenvalue weighted by Gasteiger charge is -2.14. The van der Waals surface area contributed by atoms with Gasteiger partial charge in [-0.25, -0.2) is 4.98 Å². The molecule has 0 saturated heterocycles. The molecule has 0 amide bonds. The molecule has 1 aromatic heterocycles. The molecule has 0 radical (unpaired) electrons. The largest absolute Gasteiger partial charge is 0.505 e. The summed E-state index contributed by atoms with van der Waals surface area (Å²) in [7, 11) is 0. The lowest BCUT2D eigenvalue weighted by Crippen LogP contribution is -2.09. The van der Waals surface area contributed by atoms with E-state index in [0.717, 1.165) is 23.1 Å². The minimum absolute atomic E-state index is 0.245. The van der Waals surface area contributed by atoms with Gasteiger partial charge in [0.15, 0.2) is 5.13 Å². The van der Waals surface area contributed by atoms with Crippen LogP contribution in [0.4, 0.5) is 5.13 Å². The first-order valence-electron chi connectivity index (χ1n) is 5.36. The summed E-state index contributed by atoms with van der Waals surface area (Å²) in [6.07, 6.45) is 1.94. The predicted octanol–water partition coefficient (Wildman–Crippen LogP) is 2.71. The van der Waals surface area contributed by atoms with Gasteiger partial charge < -0.3 is 10.8 Å². The zero-order chi connectivity index (χ0) is 11.5.